The summed E-state index contributed by atoms with van der Waals surface area (Å²) in [6, 6.07) is 6.26. The van der Waals surface area contributed by atoms with E-state index in [1.165, 1.54) is 36.7 Å². The van der Waals surface area contributed by atoms with E-state index in [9.17, 15) is 0 Å². The van der Waals surface area contributed by atoms with E-state index in [0.29, 0.717) is 0 Å². The number of rotatable bonds is 8. The molecule has 100 valence electrons. The van der Waals surface area contributed by atoms with Crippen LogP contribution in [0, 0.1) is 0 Å². The zero-order valence-electron chi connectivity index (χ0n) is 12.2. The largest absolute Gasteiger partial charge is 0.497 e. The Bertz CT molecular complexity index is 352. The van der Waals surface area contributed by atoms with Gasteiger partial charge in [0.15, 0.2) is 0 Å². The lowest BCUT2D eigenvalue weighted by Crippen LogP contribution is -2.13. The second-order valence-corrected chi connectivity index (χ2v) is 4.77. The van der Waals surface area contributed by atoms with Gasteiger partial charge in [0.1, 0.15) is 13.6 Å². The van der Waals surface area contributed by atoms with Gasteiger partial charge in [-0.3, -0.25) is 0 Å². The molecule has 18 heavy (non-hydrogen) atoms. The summed E-state index contributed by atoms with van der Waals surface area (Å²) in [6.07, 6.45) is 6.29. The summed E-state index contributed by atoms with van der Waals surface area (Å²) in [5, 5.41) is 0. The fourth-order valence-electron chi connectivity index (χ4n) is 2.36. The third-order valence-electron chi connectivity index (χ3n) is 3.40. The molecule has 3 heteroatoms. The summed E-state index contributed by atoms with van der Waals surface area (Å²) in [4.78, 5) is 0. The Morgan fingerprint density at radius 2 is 1.94 bits per heavy atom. The van der Waals surface area contributed by atoms with Crippen LogP contribution in [0.3, 0.4) is 0 Å². The van der Waals surface area contributed by atoms with Crippen LogP contribution < -0.4 is 10.2 Å². The highest BCUT2D eigenvalue weighted by atomic mass is 16.5. The normalized spacial score (nSPS) is 12.4. The van der Waals surface area contributed by atoms with Gasteiger partial charge in [-0.1, -0.05) is 50.8 Å². The molecule has 0 aliphatic rings. The van der Waals surface area contributed by atoms with Gasteiger partial charge in [-0.15, -0.1) is 0 Å². The van der Waals surface area contributed by atoms with E-state index in [2.05, 4.69) is 33.0 Å². The number of ether oxygens (including phenoxy) is 2. The number of unbranched alkanes of at least 4 members (excludes halogenated alkanes) is 3. The molecule has 0 amide bonds. The van der Waals surface area contributed by atoms with Gasteiger partial charge in [0.05, 0.1) is 13.2 Å². The van der Waals surface area contributed by atoms with Crippen molar-refractivity contribution in [3.63, 3.8) is 0 Å². The summed E-state index contributed by atoms with van der Waals surface area (Å²) in [5.74, 6) is 0.972. The maximum atomic E-state index is 5.63. The first-order valence-electron chi connectivity index (χ1n) is 6.90. The Balaban J connectivity index is 2.72. The van der Waals surface area contributed by atoms with Crippen LogP contribution in [0.5, 0.6) is 5.75 Å². The fourth-order valence-corrected chi connectivity index (χ4v) is 2.36. The fraction of sp³-hybridized carbons (Fsp3) is 0.600. The summed E-state index contributed by atoms with van der Waals surface area (Å²) in [6.45, 7) is 2.23. The third kappa shape index (κ3) is 4.06. The monoisotopic (exact) mass is 248 g/mol. The van der Waals surface area contributed by atoms with Crippen LogP contribution in [0.25, 0.3) is 0 Å². The van der Waals surface area contributed by atoms with E-state index >= 15 is 0 Å². The maximum Gasteiger partial charge on any atom is 0.144 e. The number of hydrogen-bond donors (Lipinski definition) is 0. The zero-order valence-corrected chi connectivity index (χ0v) is 12.2. The Kier molecular flexibility index (Phi) is 6.88. The Labute approximate surface area is 112 Å². The molecule has 0 radical (unpaired) electrons. The Morgan fingerprint density at radius 3 is 2.56 bits per heavy atom. The van der Waals surface area contributed by atoms with Gasteiger partial charge in [-0.25, -0.2) is 0 Å². The van der Waals surface area contributed by atoms with Crippen LogP contribution in [0.2, 0.25) is 0 Å². The standard InChI is InChI=1S/C15H25BO2/c1-4-5-6-7-11-14(17-2)12-9-8-10-13(16)15(12)18-3/h8-10,14H,4-7,11,16H2,1-3H3. The van der Waals surface area contributed by atoms with Crippen molar-refractivity contribution in [2.75, 3.05) is 14.2 Å². The topological polar surface area (TPSA) is 18.5 Å². The highest BCUT2D eigenvalue weighted by Crippen LogP contribution is 2.29. The minimum atomic E-state index is 0.150. The third-order valence-corrected chi connectivity index (χ3v) is 3.40. The van der Waals surface area contributed by atoms with Gasteiger partial charge in [0, 0.05) is 12.7 Å². The molecule has 1 aromatic rings. The molecular formula is C15H25BO2. The van der Waals surface area contributed by atoms with E-state index in [4.69, 9.17) is 9.47 Å². The second-order valence-electron chi connectivity index (χ2n) is 4.77. The molecule has 0 saturated carbocycles. The van der Waals surface area contributed by atoms with Crippen LogP contribution in [-0.2, 0) is 4.74 Å². The lowest BCUT2D eigenvalue weighted by atomic mass is 9.90. The molecule has 1 rings (SSSR count). The smallest absolute Gasteiger partial charge is 0.144 e. The summed E-state index contributed by atoms with van der Waals surface area (Å²) >= 11 is 0. The molecule has 0 spiro atoms. The van der Waals surface area contributed by atoms with Crippen LogP contribution in [0.15, 0.2) is 18.2 Å². The van der Waals surface area contributed by atoms with Crippen molar-refractivity contribution in [1.29, 1.82) is 0 Å². The van der Waals surface area contributed by atoms with Gasteiger partial charge < -0.3 is 9.47 Å². The molecule has 0 saturated heterocycles. The first-order chi connectivity index (χ1) is 8.74. The molecule has 0 aliphatic heterocycles. The van der Waals surface area contributed by atoms with Crippen molar-refractivity contribution >= 4 is 13.3 Å². The molecule has 0 N–H and O–H groups in total. The molecule has 0 bridgehead atoms. The maximum absolute atomic E-state index is 5.63. The minimum Gasteiger partial charge on any atom is -0.497 e. The average Bonchev–Trinajstić information content (AvgIpc) is 2.39. The van der Waals surface area contributed by atoms with E-state index < -0.39 is 0 Å². The van der Waals surface area contributed by atoms with E-state index in [-0.39, 0.29) is 6.10 Å². The number of methoxy groups -OCH3 is 2. The Morgan fingerprint density at radius 1 is 1.17 bits per heavy atom. The molecule has 0 aromatic heterocycles. The first kappa shape index (κ1) is 15.1. The SMILES string of the molecule is Bc1cccc(C(CCCCCC)OC)c1OC. The van der Waals surface area contributed by atoms with Crippen LogP contribution in [-0.4, -0.2) is 22.1 Å². The van der Waals surface area contributed by atoms with E-state index in [1.807, 2.05) is 0 Å². The predicted molar refractivity (Wildman–Crippen MR) is 79.7 cm³/mol. The van der Waals surface area contributed by atoms with Crippen LogP contribution in [0.1, 0.15) is 50.7 Å². The highest BCUT2D eigenvalue weighted by molar-refractivity contribution is 6.34. The lowest BCUT2D eigenvalue weighted by molar-refractivity contribution is 0.0909. The molecular weight excluding hydrogens is 223 g/mol. The zero-order chi connectivity index (χ0) is 13.4. The predicted octanol–water partition coefficient (Wildman–Crippen LogP) is 2.61. The van der Waals surface area contributed by atoms with Gasteiger partial charge in [0.25, 0.3) is 0 Å². The Hall–Kier alpha value is -0.955. The number of hydrogen-bond acceptors (Lipinski definition) is 2. The summed E-state index contributed by atoms with van der Waals surface area (Å²) in [7, 11) is 5.59. The van der Waals surface area contributed by atoms with Crippen LogP contribution in [0.4, 0.5) is 0 Å². The van der Waals surface area contributed by atoms with Crippen molar-refractivity contribution in [3.8, 4) is 5.75 Å². The molecule has 0 fully saturated rings. The van der Waals surface area contributed by atoms with Crippen LogP contribution >= 0.6 is 0 Å². The van der Waals surface area contributed by atoms with Crippen molar-refractivity contribution in [3.05, 3.63) is 23.8 Å². The highest BCUT2D eigenvalue weighted by Gasteiger charge is 2.16. The van der Waals surface area contributed by atoms with Crippen molar-refractivity contribution in [1.82, 2.24) is 0 Å². The minimum absolute atomic E-state index is 0.150. The van der Waals surface area contributed by atoms with E-state index in [1.54, 1.807) is 14.2 Å². The summed E-state index contributed by atoms with van der Waals surface area (Å²) < 4.78 is 11.1. The van der Waals surface area contributed by atoms with E-state index in [0.717, 1.165) is 12.2 Å². The van der Waals surface area contributed by atoms with Gasteiger partial charge in [-0.2, -0.15) is 0 Å². The van der Waals surface area contributed by atoms with Crippen molar-refractivity contribution in [2.24, 2.45) is 0 Å². The molecule has 1 aromatic carbocycles. The lowest BCUT2D eigenvalue weighted by Gasteiger charge is -2.20. The van der Waals surface area contributed by atoms with Crippen molar-refractivity contribution in [2.45, 2.75) is 45.1 Å². The second kappa shape index (κ2) is 8.20. The number of para-hydroxylation sites is 1. The molecule has 0 aliphatic carbocycles. The molecule has 1 atom stereocenters. The van der Waals surface area contributed by atoms with Gasteiger partial charge in [-0.05, 0) is 11.9 Å². The van der Waals surface area contributed by atoms with Gasteiger partial charge >= 0.3 is 0 Å². The molecule has 0 heterocycles. The van der Waals surface area contributed by atoms with Crippen molar-refractivity contribution < 1.29 is 9.47 Å². The van der Waals surface area contributed by atoms with Gasteiger partial charge in [0.2, 0.25) is 0 Å². The number of benzene rings is 1. The molecule has 1 unspecified atom stereocenters. The average molecular weight is 248 g/mol. The quantitative estimate of drug-likeness (QED) is 0.520. The summed E-state index contributed by atoms with van der Waals surface area (Å²) in [5.41, 5.74) is 2.35. The molecule has 2 nitrogen and oxygen atoms in total. The first-order valence-corrected chi connectivity index (χ1v) is 6.90.